The number of hydrogen-bond donors (Lipinski definition) is 1. The van der Waals surface area contributed by atoms with Gasteiger partial charge in [0.2, 0.25) is 5.91 Å². The lowest BCUT2D eigenvalue weighted by Crippen LogP contribution is -2.44. The van der Waals surface area contributed by atoms with Crippen LogP contribution in [0.25, 0.3) is 0 Å². The van der Waals surface area contributed by atoms with Crippen molar-refractivity contribution in [2.75, 3.05) is 39.8 Å². The van der Waals surface area contributed by atoms with Gasteiger partial charge < -0.3 is 10.2 Å². The Labute approximate surface area is 99.0 Å². The number of nitrogens with one attached hydrogen (secondary N) is 1. The molecular weight excluding hydrogens is 202 g/mol. The van der Waals surface area contributed by atoms with Crippen molar-refractivity contribution in [2.24, 2.45) is 0 Å². The fourth-order valence-electron chi connectivity index (χ4n) is 2.10. The van der Waals surface area contributed by atoms with Gasteiger partial charge in [0.15, 0.2) is 0 Å². The van der Waals surface area contributed by atoms with E-state index < -0.39 is 0 Å². The Hall–Kier alpha value is -0.610. The van der Waals surface area contributed by atoms with Crippen molar-refractivity contribution in [3.63, 3.8) is 0 Å². The van der Waals surface area contributed by atoms with E-state index in [2.05, 4.69) is 17.1 Å². The van der Waals surface area contributed by atoms with Crippen molar-refractivity contribution < 1.29 is 4.79 Å². The second-order valence-corrected chi connectivity index (χ2v) is 4.53. The molecule has 0 spiro atoms. The van der Waals surface area contributed by atoms with E-state index in [1.165, 1.54) is 6.42 Å². The smallest absolute Gasteiger partial charge is 0.236 e. The van der Waals surface area contributed by atoms with Gasteiger partial charge in [-0.3, -0.25) is 9.69 Å². The van der Waals surface area contributed by atoms with Gasteiger partial charge in [-0.1, -0.05) is 6.92 Å². The minimum atomic E-state index is 0.239. The Kier molecular flexibility index (Phi) is 5.77. The monoisotopic (exact) mass is 227 g/mol. The molecule has 0 aliphatic carbocycles. The van der Waals surface area contributed by atoms with Gasteiger partial charge in [-0.2, -0.15) is 0 Å². The van der Waals surface area contributed by atoms with E-state index in [9.17, 15) is 4.79 Å². The summed E-state index contributed by atoms with van der Waals surface area (Å²) in [4.78, 5) is 16.0. The zero-order valence-electron chi connectivity index (χ0n) is 10.8. The van der Waals surface area contributed by atoms with Crippen molar-refractivity contribution in [3.8, 4) is 0 Å². The lowest BCUT2D eigenvalue weighted by Gasteiger charge is -2.29. The fourth-order valence-corrected chi connectivity index (χ4v) is 2.10. The van der Waals surface area contributed by atoms with E-state index in [0.29, 0.717) is 12.6 Å². The predicted octanol–water partition coefficient (Wildman–Crippen LogP) is 0.539. The molecule has 0 radical (unpaired) electrons. The summed E-state index contributed by atoms with van der Waals surface area (Å²) in [6.45, 7) is 8.69. The van der Waals surface area contributed by atoms with E-state index in [1.807, 2.05) is 14.0 Å². The summed E-state index contributed by atoms with van der Waals surface area (Å²) in [7, 11) is 1.87. The van der Waals surface area contributed by atoms with Crippen LogP contribution in [0.4, 0.5) is 0 Å². The molecule has 16 heavy (non-hydrogen) atoms. The first-order chi connectivity index (χ1) is 7.69. The van der Waals surface area contributed by atoms with Crippen molar-refractivity contribution in [3.05, 3.63) is 0 Å². The molecule has 1 aliphatic rings. The highest BCUT2D eigenvalue weighted by molar-refractivity contribution is 5.77. The summed E-state index contributed by atoms with van der Waals surface area (Å²) < 4.78 is 0. The van der Waals surface area contributed by atoms with E-state index in [0.717, 1.165) is 32.6 Å². The number of carbonyl (C=O) groups excluding carboxylic acids is 1. The molecule has 1 saturated heterocycles. The maximum Gasteiger partial charge on any atom is 0.236 e. The molecule has 1 atom stereocenters. The third-order valence-electron chi connectivity index (χ3n) is 3.30. The van der Waals surface area contributed by atoms with Gasteiger partial charge >= 0.3 is 0 Å². The van der Waals surface area contributed by atoms with Gasteiger partial charge in [0.05, 0.1) is 6.54 Å². The van der Waals surface area contributed by atoms with Gasteiger partial charge in [-0.15, -0.1) is 0 Å². The number of amides is 1. The largest absolute Gasteiger partial charge is 0.345 e. The molecule has 1 rings (SSSR count). The minimum Gasteiger partial charge on any atom is -0.345 e. The number of hydrogen-bond acceptors (Lipinski definition) is 3. The third-order valence-corrected chi connectivity index (χ3v) is 3.30. The molecule has 0 aromatic carbocycles. The van der Waals surface area contributed by atoms with Crippen LogP contribution in [0.5, 0.6) is 0 Å². The molecule has 0 saturated carbocycles. The molecular formula is C12H25N3O. The first kappa shape index (κ1) is 13.5. The van der Waals surface area contributed by atoms with Crippen LogP contribution in [0.1, 0.15) is 26.7 Å². The minimum absolute atomic E-state index is 0.239. The second kappa shape index (κ2) is 6.86. The Balaban J connectivity index is 2.46. The van der Waals surface area contributed by atoms with Crippen molar-refractivity contribution >= 4 is 5.91 Å². The van der Waals surface area contributed by atoms with Gasteiger partial charge in [0.1, 0.15) is 0 Å². The molecule has 1 heterocycles. The topological polar surface area (TPSA) is 35.6 Å². The molecule has 0 aromatic rings. The van der Waals surface area contributed by atoms with Crippen LogP contribution < -0.4 is 5.32 Å². The lowest BCUT2D eigenvalue weighted by molar-refractivity contribution is -0.131. The standard InChI is InChI=1S/C12H25N3O/c1-4-8-15(11-6-7-13-9-11)10-12(16)14(3)5-2/h11,13H,4-10H2,1-3H3. The first-order valence-corrected chi connectivity index (χ1v) is 6.37. The van der Waals surface area contributed by atoms with Crippen LogP contribution >= 0.6 is 0 Å². The maximum atomic E-state index is 11.9. The highest BCUT2D eigenvalue weighted by Crippen LogP contribution is 2.09. The molecule has 1 fully saturated rings. The number of carbonyl (C=O) groups is 1. The molecule has 0 bridgehead atoms. The van der Waals surface area contributed by atoms with Crippen LogP contribution in [0, 0.1) is 0 Å². The normalized spacial score (nSPS) is 20.4. The Morgan fingerprint density at radius 3 is 2.69 bits per heavy atom. The molecule has 1 aliphatic heterocycles. The highest BCUT2D eigenvalue weighted by atomic mass is 16.2. The van der Waals surface area contributed by atoms with E-state index in [-0.39, 0.29) is 5.91 Å². The number of likely N-dealkylation sites (N-methyl/N-ethyl adjacent to an activating group) is 1. The molecule has 94 valence electrons. The third kappa shape index (κ3) is 3.76. The SMILES string of the molecule is CCCN(CC(=O)N(C)CC)C1CCNC1. The zero-order valence-corrected chi connectivity index (χ0v) is 10.8. The van der Waals surface area contributed by atoms with Crippen molar-refractivity contribution in [1.82, 2.24) is 15.1 Å². The van der Waals surface area contributed by atoms with Crippen LogP contribution in [-0.2, 0) is 4.79 Å². The summed E-state index contributed by atoms with van der Waals surface area (Å²) in [6, 6.07) is 0.550. The fraction of sp³-hybridized carbons (Fsp3) is 0.917. The Morgan fingerprint density at radius 2 is 2.19 bits per heavy atom. The average Bonchev–Trinajstić information content (AvgIpc) is 2.80. The van der Waals surface area contributed by atoms with Crippen molar-refractivity contribution in [1.29, 1.82) is 0 Å². The van der Waals surface area contributed by atoms with Gasteiger partial charge in [0.25, 0.3) is 0 Å². The second-order valence-electron chi connectivity index (χ2n) is 4.53. The quantitative estimate of drug-likeness (QED) is 0.719. The van der Waals surface area contributed by atoms with E-state index in [1.54, 1.807) is 4.90 Å². The average molecular weight is 227 g/mol. The van der Waals surface area contributed by atoms with E-state index in [4.69, 9.17) is 0 Å². The molecule has 4 nitrogen and oxygen atoms in total. The first-order valence-electron chi connectivity index (χ1n) is 6.37. The van der Waals surface area contributed by atoms with Crippen LogP contribution in [0.2, 0.25) is 0 Å². The highest BCUT2D eigenvalue weighted by Gasteiger charge is 2.24. The zero-order chi connectivity index (χ0) is 12.0. The molecule has 1 amide bonds. The maximum absolute atomic E-state index is 11.9. The molecule has 0 aromatic heterocycles. The van der Waals surface area contributed by atoms with Gasteiger partial charge in [-0.25, -0.2) is 0 Å². The molecule has 4 heteroatoms. The van der Waals surface area contributed by atoms with Crippen LogP contribution in [-0.4, -0.2) is 61.5 Å². The number of rotatable bonds is 6. The summed E-state index contributed by atoms with van der Waals surface area (Å²) in [6.07, 6.45) is 2.28. The summed E-state index contributed by atoms with van der Waals surface area (Å²) >= 11 is 0. The molecule has 1 unspecified atom stereocenters. The Morgan fingerprint density at radius 1 is 1.44 bits per heavy atom. The van der Waals surface area contributed by atoms with Crippen LogP contribution in [0.15, 0.2) is 0 Å². The van der Waals surface area contributed by atoms with E-state index >= 15 is 0 Å². The summed E-state index contributed by atoms with van der Waals surface area (Å²) in [5.74, 6) is 0.239. The number of nitrogens with zero attached hydrogens (tertiary/aromatic N) is 2. The van der Waals surface area contributed by atoms with Gasteiger partial charge in [0, 0.05) is 26.2 Å². The van der Waals surface area contributed by atoms with Crippen molar-refractivity contribution in [2.45, 2.75) is 32.7 Å². The van der Waals surface area contributed by atoms with Gasteiger partial charge in [-0.05, 0) is 32.9 Å². The van der Waals surface area contributed by atoms with Crippen LogP contribution in [0.3, 0.4) is 0 Å². The Bertz CT molecular complexity index is 214. The molecule has 1 N–H and O–H groups in total. The lowest BCUT2D eigenvalue weighted by atomic mass is 10.2. The predicted molar refractivity (Wildman–Crippen MR) is 66.4 cm³/mol. The summed E-state index contributed by atoms with van der Waals surface area (Å²) in [5, 5.41) is 3.36. The summed E-state index contributed by atoms with van der Waals surface area (Å²) in [5.41, 5.74) is 0.